The highest BCUT2D eigenvalue weighted by Gasteiger charge is 2.27. The van der Waals surface area contributed by atoms with Gasteiger partial charge in [0.15, 0.2) is 0 Å². The molecule has 0 saturated carbocycles. The van der Waals surface area contributed by atoms with Gasteiger partial charge in [-0.3, -0.25) is 0 Å². The quantitative estimate of drug-likeness (QED) is 0.615. The van der Waals surface area contributed by atoms with Crippen LogP contribution in [0.1, 0.15) is 61.8 Å². The maximum Gasteiger partial charge on any atom is 0.0729 e. The highest BCUT2D eigenvalue weighted by molar-refractivity contribution is 6.83. The zero-order valence-corrected chi connectivity index (χ0v) is 14.6. The van der Waals surface area contributed by atoms with Crippen LogP contribution < -0.4 is 0 Å². The molecule has 104 valence electrons. The van der Waals surface area contributed by atoms with Crippen molar-refractivity contribution in [1.82, 2.24) is 0 Å². The molecule has 0 aliphatic heterocycles. The number of rotatable bonds is 3. The molecule has 2 rings (SSSR count). The number of benzene rings is 1. The first-order valence-electron chi connectivity index (χ1n) is 7.58. The summed E-state index contributed by atoms with van der Waals surface area (Å²) >= 11 is 0. The first-order chi connectivity index (χ1) is 8.70. The van der Waals surface area contributed by atoms with Gasteiger partial charge in [0, 0.05) is 0 Å². The summed E-state index contributed by atoms with van der Waals surface area (Å²) in [6.07, 6.45) is 3.71. The lowest BCUT2D eigenvalue weighted by molar-refractivity contribution is 0.828. The van der Waals surface area contributed by atoms with Crippen molar-refractivity contribution in [2.75, 3.05) is 0 Å². The van der Waals surface area contributed by atoms with E-state index in [9.17, 15) is 0 Å². The van der Waals surface area contributed by atoms with Gasteiger partial charge in [0.05, 0.1) is 8.07 Å². The van der Waals surface area contributed by atoms with Crippen molar-refractivity contribution >= 4 is 14.1 Å². The van der Waals surface area contributed by atoms with Crippen molar-refractivity contribution in [2.24, 2.45) is 0 Å². The Morgan fingerprint density at radius 2 is 1.58 bits per heavy atom. The second-order valence-electron chi connectivity index (χ2n) is 7.59. The molecule has 0 spiro atoms. The first kappa shape index (κ1) is 14.6. The molecule has 1 aliphatic carbocycles. The minimum Gasteiger partial charge on any atom is -0.0761 e. The summed E-state index contributed by atoms with van der Waals surface area (Å²) in [7, 11) is -1.16. The maximum atomic E-state index is 2.51. The zero-order chi connectivity index (χ0) is 14.4. The lowest BCUT2D eigenvalue weighted by Gasteiger charge is -2.17. The average molecular weight is 273 g/mol. The van der Waals surface area contributed by atoms with Gasteiger partial charge in [0.25, 0.3) is 0 Å². The van der Waals surface area contributed by atoms with Crippen LogP contribution in [0.4, 0.5) is 0 Å². The van der Waals surface area contributed by atoms with Crippen molar-refractivity contribution < 1.29 is 0 Å². The van der Waals surface area contributed by atoms with Gasteiger partial charge in [-0.25, -0.2) is 0 Å². The Kier molecular flexibility index (Phi) is 3.79. The number of allylic oxidation sites excluding steroid dienone is 1. The van der Waals surface area contributed by atoms with E-state index in [4.69, 9.17) is 0 Å². The first-order valence-corrected chi connectivity index (χ1v) is 11.1. The summed E-state index contributed by atoms with van der Waals surface area (Å²) in [6.45, 7) is 16.6. The predicted octanol–water partition coefficient (Wildman–Crippen LogP) is 5.75. The van der Waals surface area contributed by atoms with E-state index in [1.165, 1.54) is 17.5 Å². The van der Waals surface area contributed by atoms with Gasteiger partial charge in [-0.1, -0.05) is 70.7 Å². The van der Waals surface area contributed by atoms with E-state index in [-0.39, 0.29) is 0 Å². The van der Waals surface area contributed by atoms with Gasteiger partial charge < -0.3 is 0 Å². The molecular weight excluding hydrogens is 244 g/mol. The Morgan fingerprint density at radius 3 is 2.05 bits per heavy atom. The minimum absolute atomic E-state index is 0.615. The highest BCUT2D eigenvalue weighted by atomic mass is 28.3. The van der Waals surface area contributed by atoms with E-state index in [2.05, 4.69) is 65.5 Å². The smallest absolute Gasteiger partial charge is 0.0729 e. The molecule has 0 radical (unpaired) electrons. The molecule has 19 heavy (non-hydrogen) atoms. The van der Waals surface area contributed by atoms with Gasteiger partial charge >= 0.3 is 0 Å². The van der Waals surface area contributed by atoms with Crippen molar-refractivity contribution in [3.63, 3.8) is 0 Å². The largest absolute Gasteiger partial charge is 0.0761 e. The molecular formula is C18H28Si. The molecule has 1 aliphatic rings. The van der Waals surface area contributed by atoms with Crippen molar-refractivity contribution in [2.45, 2.75) is 65.6 Å². The second-order valence-corrected chi connectivity index (χ2v) is 12.7. The van der Waals surface area contributed by atoms with Crippen LogP contribution in [-0.2, 0) is 6.42 Å². The molecule has 0 unspecified atom stereocenters. The SMILES string of the molecule is CC(C)c1cc2c(c(C(C)C)c1)C=C([Si](C)(C)C)C2. The van der Waals surface area contributed by atoms with Crippen LogP contribution in [0.5, 0.6) is 0 Å². The molecule has 0 amide bonds. The summed E-state index contributed by atoms with van der Waals surface area (Å²) in [4.78, 5) is 0. The van der Waals surface area contributed by atoms with Gasteiger partial charge in [-0.05, 0) is 40.5 Å². The van der Waals surface area contributed by atoms with Crippen molar-refractivity contribution in [1.29, 1.82) is 0 Å². The highest BCUT2D eigenvalue weighted by Crippen LogP contribution is 2.37. The minimum atomic E-state index is -1.16. The third-order valence-electron chi connectivity index (χ3n) is 4.27. The van der Waals surface area contributed by atoms with E-state index in [0.29, 0.717) is 11.8 Å². The van der Waals surface area contributed by atoms with Crippen LogP contribution in [0.15, 0.2) is 17.3 Å². The molecule has 1 aromatic carbocycles. The van der Waals surface area contributed by atoms with Crippen LogP contribution in [0.2, 0.25) is 19.6 Å². The van der Waals surface area contributed by atoms with E-state index >= 15 is 0 Å². The zero-order valence-electron chi connectivity index (χ0n) is 13.6. The Hall–Kier alpha value is -0.823. The maximum absolute atomic E-state index is 2.51. The van der Waals surface area contributed by atoms with E-state index < -0.39 is 8.07 Å². The summed E-state index contributed by atoms with van der Waals surface area (Å²) < 4.78 is 0. The Balaban J connectivity index is 2.54. The normalized spacial score (nSPS) is 15.1. The summed E-state index contributed by atoms with van der Waals surface area (Å²) in [6, 6.07) is 4.90. The Bertz CT molecular complexity index is 513. The van der Waals surface area contributed by atoms with Crippen LogP contribution in [-0.4, -0.2) is 8.07 Å². The van der Waals surface area contributed by atoms with Crippen molar-refractivity contribution in [3.05, 3.63) is 39.6 Å². The van der Waals surface area contributed by atoms with Gasteiger partial charge in [-0.15, -0.1) is 0 Å². The number of hydrogen-bond acceptors (Lipinski definition) is 0. The standard InChI is InChI=1S/C18H28Si/c1-12(2)14-8-15-9-16(19(5,6)7)11-18(15)17(10-14)13(3)4/h8,10-13H,9H2,1-7H3. The predicted molar refractivity (Wildman–Crippen MR) is 89.6 cm³/mol. The number of hydrogen-bond donors (Lipinski definition) is 0. The molecule has 0 heterocycles. The molecule has 1 heteroatoms. The summed E-state index contributed by atoms with van der Waals surface area (Å²) in [5, 5.41) is 1.71. The third-order valence-corrected chi connectivity index (χ3v) is 6.52. The van der Waals surface area contributed by atoms with E-state index in [1.54, 1.807) is 16.3 Å². The molecule has 0 saturated heterocycles. The molecule has 1 aromatic rings. The molecule has 0 atom stereocenters. The van der Waals surface area contributed by atoms with Crippen LogP contribution in [0.3, 0.4) is 0 Å². The lowest BCUT2D eigenvalue weighted by Crippen LogP contribution is -2.23. The monoisotopic (exact) mass is 272 g/mol. The average Bonchev–Trinajstić information content (AvgIpc) is 2.70. The fourth-order valence-electron chi connectivity index (χ4n) is 2.81. The molecule has 0 bridgehead atoms. The Labute approximate surface area is 119 Å². The van der Waals surface area contributed by atoms with Gasteiger partial charge in [0.1, 0.15) is 0 Å². The van der Waals surface area contributed by atoms with Gasteiger partial charge in [0.2, 0.25) is 0 Å². The van der Waals surface area contributed by atoms with Gasteiger partial charge in [-0.2, -0.15) is 0 Å². The van der Waals surface area contributed by atoms with Crippen LogP contribution in [0.25, 0.3) is 6.08 Å². The fraction of sp³-hybridized carbons (Fsp3) is 0.556. The molecule has 0 aromatic heterocycles. The van der Waals surface area contributed by atoms with Crippen molar-refractivity contribution in [3.8, 4) is 0 Å². The number of fused-ring (bicyclic) bond motifs is 1. The Morgan fingerprint density at radius 1 is 0.947 bits per heavy atom. The summed E-state index contributed by atoms with van der Waals surface area (Å²) in [5.74, 6) is 1.24. The molecule has 0 N–H and O–H groups in total. The summed E-state index contributed by atoms with van der Waals surface area (Å²) in [5.41, 5.74) is 6.17. The fourth-order valence-corrected chi connectivity index (χ4v) is 4.11. The van der Waals surface area contributed by atoms with E-state index in [1.807, 2.05) is 0 Å². The van der Waals surface area contributed by atoms with E-state index in [0.717, 1.165) is 0 Å². The lowest BCUT2D eigenvalue weighted by atomic mass is 9.89. The van der Waals surface area contributed by atoms with Crippen LogP contribution >= 0.6 is 0 Å². The molecule has 0 fully saturated rings. The van der Waals surface area contributed by atoms with Crippen LogP contribution in [0, 0.1) is 0 Å². The topological polar surface area (TPSA) is 0 Å². The second kappa shape index (κ2) is 4.94. The molecule has 0 nitrogen and oxygen atoms in total. The third kappa shape index (κ3) is 2.86.